The Balaban J connectivity index is 4.31. The van der Waals surface area contributed by atoms with Crippen molar-refractivity contribution in [2.24, 2.45) is 5.10 Å². The second kappa shape index (κ2) is 5.44. The predicted molar refractivity (Wildman–Crippen MR) is 59.0 cm³/mol. The Morgan fingerprint density at radius 2 is 2.15 bits per heavy atom. The molecule has 0 radical (unpaired) electrons. The second-order valence-electron chi connectivity index (χ2n) is 3.45. The number of aliphatic hydroxyl groups excluding tert-OH is 1. The minimum Gasteiger partial charge on any atom is -0.396 e. The van der Waals surface area contributed by atoms with Crippen molar-refractivity contribution in [3.63, 3.8) is 0 Å². The van der Waals surface area contributed by atoms with Gasteiger partial charge >= 0.3 is 0 Å². The van der Waals surface area contributed by atoms with Crippen LogP contribution in [0.4, 0.5) is 0 Å². The number of nitrogens with one attached hydrogen (secondary N) is 1. The average Bonchev–Trinajstić information content (AvgIpc) is 2.04. The van der Waals surface area contributed by atoms with Crippen LogP contribution >= 0.6 is 15.9 Å². The largest absolute Gasteiger partial charge is 0.396 e. The van der Waals surface area contributed by atoms with Crippen molar-refractivity contribution in [1.29, 1.82) is 0 Å². The van der Waals surface area contributed by atoms with Crippen LogP contribution in [0.15, 0.2) is 5.10 Å². The highest BCUT2D eigenvalue weighted by atomic mass is 79.9. The lowest BCUT2D eigenvalue weighted by molar-refractivity contribution is 0.120. The molecule has 0 heterocycles. The van der Waals surface area contributed by atoms with E-state index in [2.05, 4.69) is 26.3 Å². The summed E-state index contributed by atoms with van der Waals surface area (Å²) in [6.45, 7) is 4.23. The highest BCUT2D eigenvalue weighted by Crippen LogP contribution is 2.16. The van der Waals surface area contributed by atoms with Gasteiger partial charge in [0.05, 0.1) is 5.54 Å². The number of rotatable bonds is 4. The van der Waals surface area contributed by atoms with Gasteiger partial charge in [-0.25, -0.2) is 0 Å². The highest BCUT2D eigenvalue weighted by Gasteiger charge is 2.21. The van der Waals surface area contributed by atoms with Gasteiger partial charge in [-0.05, 0) is 36.2 Å². The Morgan fingerprint density at radius 1 is 1.62 bits per heavy atom. The van der Waals surface area contributed by atoms with Crippen LogP contribution in [0.3, 0.4) is 0 Å². The molecule has 2 N–H and O–H groups in total. The van der Waals surface area contributed by atoms with Gasteiger partial charge in [0.25, 0.3) is 0 Å². The van der Waals surface area contributed by atoms with Gasteiger partial charge in [-0.1, -0.05) is 0 Å². The summed E-state index contributed by atoms with van der Waals surface area (Å²) in [5.74, 6) is 0. The van der Waals surface area contributed by atoms with Crippen LogP contribution in [-0.4, -0.2) is 41.1 Å². The second-order valence-corrected chi connectivity index (χ2v) is 4.20. The molecule has 0 bridgehead atoms. The first-order chi connectivity index (χ1) is 5.94. The van der Waals surface area contributed by atoms with Crippen LogP contribution in [0.25, 0.3) is 0 Å². The molecule has 13 heavy (non-hydrogen) atoms. The summed E-state index contributed by atoms with van der Waals surface area (Å²) < 4.78 is 0.681. The summed E-state index contributed by atoms with van der Waals surface area (Å²) in [5, 5.41) is 17.8. The molecule has 0 fully saturated rings. The summed E-state index contributed by atoms with van der Waals surface area (Å²) in [4.78, 5) is 0. The summed E-state index contributed by atoms with van der Waals surface area (Å²) in [6, 6.07) is 0. The van der Waals surface area contributed by atoms with Crippen molar-refractivity contribution in [2.75, 3.05) is 20.7 Å². The number of amidine groups is 1. The van der Waals surface area contributed by atoms with Gasteiger partial charge in [0.2, 0.25) is 0 Å². The Kier molecular flexibility index (Phi) is 5.32. The molecule has 4 nitrogen and oxygen atoms in total. The van der Waals surface area contributed by atoms with E-state index in [0.717, 1.165) is 0 Å². The lowest BCUT2D eigenvalue weighted by Gasteiger charge is -2.32. The molecule has 0 aliphatic carbocycles. The number of hydrogen-bond donors (Lipinski definition) is 2. The average molecular weight is 252 g/mol. The lowest BCUT2D eigenvalue weighted by atomic mass is 10.0. The number of hydrogen-bond acceptors (Lipinski definition) is 3. The fourth-order valence-corrected chi connectivity index (χ4v) is 0.990. The van der Waals surface area contributed by atoms with E-state index in [1.54, 1.807) is 7.05 Å². The summed E-state index contributed by atoms with van der Waals surface area (Å²) in [5.41, 5.74) is -0.134. The highest BCUT2D eigenvalue weighted by molar-refractivity contribution is 9.18. The number of halogens is 1. The molecule has 0 aromatic heterocycles. The maximum atomic E-state index is 8.84. The molecule has 0 saturated carbocycles. The first-order valence-electron chi connectivity index (χ1n) is 4.20. The van der Waals surface area contributed by atoms with Gasteiger partial charge in [-0.2, -0.15) is 5.10 Å². The zero-order chi connectivity index (χ0) is 10.5. The molecule has 0 saturated heterocycles. The van der Waals surface area contributed by atoms with Crippen LogP contribution in [0.5, 0.6) is 0 Å². The van der Waals surface area contributed by atoms with Gasteiger partial charge in [-0.15, -0.1) is 0 Å². The molecule has 0 aromatic carbocycles. The third kappa shape index (κ3) is 4.47. The summed E-state index contributed by atoms with van der Waals surface area (Å²) in [7, 11) is 3.68. The molecule has 78 valence electrons. The zero-order valence-corrected chi connectivity index (χ0v) is 10.2. The van der Waals surface area contributed by atoms with Crippen LogP contribution in [0.1, 0.15) is 20.3 Å². The van der Waals surface area contributed by atoms with Crippen LogP contribution in [-0.2, 0) is 0 Å². The quantitative estimate of drug-likeness (QED) is 0.339. The Morgan fingerprint density at radius 3 is 2.54 bits per heavy atom. The monoisotopic (exact) mass is 251 g/mol. The normalized spacial score (nSPS) is 12.9. The van der Waals surface area contributed by atoms with Crippen LogP contribution in [0.2, 0.25) is 0 Å². The minimum atomic E-state index is -0.134. The molecule has 0 rings (SSSR count). The SMILES string of the molecule is CN/C(Br)=N\N(C)C(C)(C)CCO. The maximum absolute atomic E-state index is 8.84. The van der Waals surface area contributed by atoms with E-state index < -0.39 is 0 Å². The van der Waals surface area contributed by atoms with Crippen molar-refractivity contribution in [3.8, 4) is 0 Å². The van der Waals surface area contributed by atoms with E-state index in [1.165, 1.54) is 0 Å². The van der Waals surface area contributed by atoms with E-state index in [4.69, 9.17) is 5.11 Å². The van der Waals surface area contributed by atoms with E-state index >= 15 is 0 Å². The summed E-state index contributed by atoms with van der Waals surface area (Å²) in [6.07, 6.45) is 0.691. The van der Waals surface area contributed by atoms with E-state index in [0.29, 0.717) is 11.2 Å². The molecule has 0 atom stereocenters. The molecule has 0 aliphatic rings. The molecular formula is C8H18BrN3O. The van der Waals surface area contributed by atoms with Crippen molar-refractivity contribution < 1.29 is 5.11 Å². The maximum Gasteiger partial charge on any atom is 0.189 e. The van der Waals surface area contributed by atoms with Gasteiger partial charge in [0.1, 0.15) is 0 Å². The van der Waals surface area contributed by atoms with Gasteiger partial charge in [0.15, 0.2) is 4.74 Å². The fourth-order valence-electron chi connectivity index (χ4n) is 0.752. The molecule has 0 aromatic rings. The Bertz CT molecular complexity index is 182. The first kappa shape index (κ1) is 12.7. The topological polar surface area (TPSA) is 47.9 Å². The van der Waals surface area contributed by atoms with Crippen molar-refractivity contribution >= 4 is 20.7 Å². The molecule has 0 amide bonds. The molecular weight excluding hydrogens is 234 g/mol. The van der Waals surface area contributed by atoms with Gasteiger partial charge in [0, 0.05) is 20.7 Å². The number of aliphatic hydroxyl groups is 1. The molecule has 5 heteroatoms. The number of hydrazone groups is 1. The summed E-state index contributed by atoms with van der Waals surface area (Å²) >= 11 is 3.26. The van der Waals surface area contributed by atoms with Crippen molar-refractivity contribution in [3.05, 3.63) is 0 Å². The smallest absolute Gasteiger partial charge is 0.189 e. The Hall–Kier alpha value is -0.290. The van der Waals surface area contributed by atoms with E-state index in [-0.39, 0.29) is 12.1 Å². The third-order valence-corrected chi connectivity index (χ3v) is 2.60. The minimum absolute atomic E-state index is 0.134. The molecule has 0 unspecified atom stereocenters. The predicted octanol–water partition coefficient (Wildman–Crippen LogP) is 0.964. The van der Waals surface area contributed by atoms with Crippen LogP contribution < -0.4 is 5.32 Å². The standard InChI is InChI=1S/C8H18BrN3O/c1-8(2,5-6-13)12(4)11-7(9)10-3/h13H,5-6H2,1-4H3,(H,10,11). The fraction of sp³-hybridized carbons (Fsp3) is 0.875. The van der Waals surface area contributed by atoms with E-state index in [1.807, 2.05) is 25.9 Å². The number of nitrogens with zero attached hydrogens (tertiary/aromatic N) is 2. The Labute approximate surface area is 88.1 Å². The third-order valence-electron chi connectivity index (χ3n) is 2.04. The molecule has 0 spiro atoms. The van der Waals surface area contributed by atoms with Gasteiger partial charge < -0.3 is 10.4 Å². The lowest BCUT2D eigenvalue weighted by Crippen LogP contribution is -2.39. The van der Waals surface area contributed by atoms with Crippen molar-refractivity contribution in [1.82, 2.24) is 10.3 Å². The van der Waals surface area contributed by atoms with E-state index in [9.17, 15) is 0 Å². The first-order valence-corrected chi connectivity index (χ1v) is 5.00. The van der Waals surface area contributed by atoms with Crippen molar-refractivity contribution in [2.45, 2.75) is 25.8 Å². The molecule has 0 aliphatic heterocycles. The van der Waals surface area contributed by atoms with Crippen LogP contribution in [0, 0.1) is 0 Å². The zero-order valence-electron chi connectivity index (χ0n) is 8.63. The van der Waals surface area contributed by atoms with Gasteiger partial charge in [-0.3, -0.25) is 5.01 Å².